The highest BCUT2D eigenvalue weighted by molar-refractivity contribution is 6.39. The molecular formula is C25H25N3O5. The van der Waals surface area contributed by atoms with Gasteiger partial charge >= 0.3 is 11.8 Å². The second-order valence-corrected chi connectivity index (χ2v) is 6.96. The molecule has 170 valence electrons. The zero-order valence-corrected chi connectivity index (χ0v) is 18.6. The molecule has 3 aromatic rings. The van der Waals surface area contributed by atoms with Gasteiger partial charge in [-0.05, 0) is 54.4 Å². The minimum absolute atomic E-state index is 0.338. The zero-order valence-electron chi connectivity index (χ0n) is 18.6. The van der Waals surface area contributed by atoms with Gasteiger partial charge in [-0.2, -0.15) is 5.10 Å². The van der Waals surface area contributed by atoms with Gasteiger partial charge in [-0.3, -0.25) is 9.59 Å². The molecule has 33 heavy (non-hydrogen) atoms. The molecule has 0 heterocycles. The van der Waals surface area contributed by atoms with E-state index < -0.39 is 11.8 Å². The van der Waals surface area contributed by atoms with Crippen molar-refractivity contribution in [3.63, 3.8) is 0 Å². The number of nitrogens with zero attached hydrogens (tertiary/aromatic N) is 1. The summed E-state index contributed by atoms with van der Waals surface area (Å²) in [5.41, 5.74) is 4.99. The first-order chi connectivity index (χ1) is 16.0. The molecular weight excluding hydrogens is 422 g/mol. The topological polar surface area (TPSA) is 98.2 Å². The molecule has 0 radical (unpaired) electrons. The lowest BCUT2D eigenvalue weighted by molar-refractivity contribution is -0.136. The number of benzene rings is 3. The van der Waals surface area contributed by atoms with Crippen molar-refractivity contribution in [1.82, 2.24) is 5.43 Å². The Hall–Kier alpha value is -4.33. The number of hydrazone groups is 1. The minimum atomic E-state index is -0.907. The Kier molecular flexibility index (Phi) is 8.02. The predicted octanol–water partition coefficient (Wildman–Crippen LogP) is 3.76. The van der Waals surface area contributed by atoms with Crippen LogP contribution in [-0.2, 0) is 16.2 Å². The van der Waals surface area contributed by atoms with Crippen molar-refractivity contribution in [2.75, 3.05) is 19.5 Å². The molecule has 0 bridgehead atoms. The molecule has 2 amide bonds. The number of anilines is 1. The van der Waals surface area contributed by atoms with E-state index >= 15 is 0 Å². The predicted molar refractivity (Wildman–Crippen MR) is 126 cm³/mol. The molecule has 3 aromatic carbocycles. The van der Waals surface area contributed by atoms with E-state index in [1.807, 2.05) is 54.6 Å². The quantitative estimate of drug-likeness (QED) is 0.311. The maximum absolute atomic E-state index is 12.2. The second kappa shape index (κ2) is 11.3. The van der Waals surface area contributed by atoms with Gasteiger partial charge in [0, 0.05) is 6.07 Å². The van der Waals surface area contributed by atoms with E-state index in [4.69, 9.17) is 14.2 Å². The lowest BCUT2D eigenvalue weighted by atomic mass is 10.1. The fourth-order valence-corrected chi connectivity index (χ4v) is 2.86. The number of ether oxygens (including phenoxy) is 3. The van der Waals surface area contributed by atoms with Gasteiger partial charge in [-0.25, -0.2) is 5.43 Å². The highest BCUT2D eigenvalue weighted by Crippen LogP contribution is 2.28. The number of nitrogens with one attached hydrogen (secondary N) is 2. The van der Waals surface area contributed by atoms with Gasteiger partial charge in [-0.15, -0.1) is 0 Å². The van der Waals surface area contributed by atoms with E-state index in [0.717, 1.165) is 11.1 Å². The number of amides is 2. The van der Waals surface area contributed by atoms with Crippen molar-refractivity contribution < 1.29 is 23.8 Å². The third-order valence-electron chi connectivity index (χ3n) is 4.71. The van der Waals surface area contributed by atoms with Crippen LogP contribution in [0.3, 0.4) is 0 Å². The lowest BCUT2D eigenvalue weighted by Crippen LogP contribution is -2.33. The summed E-state index contributed by atoms with van der Waals surface area (Å²) in [6, 6.07) is 22.0. The number of carbonyl (C=O) groups excluding carboxylic acids is 2. The summed E-state index contributed by atoms with van der Waals surface area (Å²) in [5, 5.41) is 6.51. The van der Waals surface area contributed by atoms with Crippen LogP contribution in [0.1, 0.15) is 18.1 Å². The largest absolute Gasteiger partial charge is 0.497 e. The monoisotopic (exact) mass is 447 g/mol. The van der Waals surface area contributed by atoms with Crippen molar-refractivity contribution in [2.24, 2.45) is 5.10 Å². The van der Waals surface area contributed by atoms with Gasteiger partial charge in [0.15, 0.2) is 0 Å². The van der Waals surface area contributed by atoms with Crippen molar-refractivity contribution in [3.05, 3.63) is 83.9 Å². The SMILES string of the molecule is COc1ccc(NC(=O)C(=O)N/N=C(\C)c2ccc(OCc3ccccc3)cc2)c(OC)c1. The van der Waals surface area contributed by atoms with Crippen LogP contribution >= 0.6 is 0 Å². The first kappa shape index (κ1) is 23.3. The summed E-state index contributed by atoms with van der Waals surface area (Å²) in [6.45, 7) is 2.20. The van der Waals surface area contributed by atoms with E-state index in [1.54, 1.807) is 25.1 Å². The number of methoxy groups -OCH3 is 2. The fraction of sp³-hybridized carbons (Fsp3) is 0.160. The highest BCUT2D eigenvalue weighted by atomic mass is 16.5. The summed E-state index contributed by atoms with van der Waals surface area (Å²) in [4.78, 5) is 24.4. The van der Waals surface area contributed by atoms with Crippen LogP contribution in [0.25, 0.3) is 0 Å². The number of hydrogen-bond donors (Lipinski definition) is 2. The molecule has 0 aliphatic carbocycles. The van der Waals surface area contributed by atoms with Crippen LogP contribution in [0.4, 0.5) is 5.69 Å². The fourth-order valence-electron chi connectivity index (χ4n) is 2.86. The first-order valence-corrected chi connectivity index (χ1v) is 10.1. The molecule has 0 aliphatic heterocycles. The summed E-state index contributed by atoms with van der Waals surface area (Å²) >= 11 is 0. The number of carbonyl (C=O) groups is 2. The molecule has 0 saturated heterocycles. The minimum Gasteiger partial charge on any atom is -0.497 e. The Morgan fingerprint density at radius 1 is 0.848 bits per heavy atom. The van der Waals surface area contributed by atoms with E-state index in [9.17, 15) is 9.59 Å². The van der Waals surface area contributed by atoms with Crippen molar-refractivity contribution in [1.29, 1.82) is 0 Å². The summed E-state index contributed by atoms with van der Waals surface area (Å²) in [7, 11) is 2.97. The van der Waals surface area contributed by atoms with E-state index in [0.29, 0.717) is 35.3 Å². The lowest BCUT2D eigenvalue weighted by Gasteiger charge is -2.11. The van der Waals surface area contributed by atoms with Gasteiger partial charge in [0.2, 0.25) is 0 Å². The van der Waals surface area contributed by atoms with E-state index in [-0.39, 0.29) is 0 Å². The number of hydrogen-bond acceptors (Lipinski definition) is 6. The normalized spacial score (nSPS) is 10.8. The van der Waals surface area contributed by atoms with Crippen LogP contribution in [0.5, 0.6) is 17.2 Å². The van der Waals surface area contributed by atoms with Crippen molar-refractivity contribution >= 4 is 23.2 Å². The highest BCUT2D eigenvalue weighted by Gasteiger charge is 2.16. The Morgan fingerprint density at radius 2 is 1.55 bits per heavy atom. The third kappa shape index (κ3) is 6.57. The standard InChI is InChI=1S/C25H25N3O5/c1-17(19-9-11-20(12-10-19)33-16-18-7-5-4-6-8-18)27-28-25(30)24(29)26-22-14-13-21(31-2)15-23(22)32-3/h4-15H,16H2,1-3H3,(H,26,29)(H,28,30)/b27-17+. The first-order valence-electron chi connectivity index (χ1n) is 10.1. The van der Waals surface area contributed by atoms with Crippen LogP contribution in [-0.4, -0.2) is 31.7 Å². The summed E-state index contributed by atoms with van der Waals surface area (Å²) in [5.74, 6) is -0.141. The smallest absolute Gasteiger partial charge is 0.329 e. The molecule has 0 atom stereocenters. The van der Waals surface area contributed by atoms with Crippen molar-refractivity contribution in [3.8, 4) is 17.2 Å². The van der Waals surface area contributed by atoms with Crippen LogP contribution in [0, 0.1) is 0 Å². The Balaban J connectivity index is 1.55. The van der Waals surface area contributed by atoms with Gasteiger partial charge in [0.05, 0.1) is 25.6 Å². The molecule has 0 saturated carbocycles. The molecule has 0 aliphatic rings. The summed E-state index contributed by atoms with van der Waals surface area (Å²) in [6.07, 6.45) is 0. The van der Waals surface area contributed by atoms with Gasteiger partial charge in [0.1, 0.15) is 23.9 Å². The third-order valence-corrected chi connectivity index (χ3v) is 4.71. The zero-order chi connectivity index (χ0) is 23.6. The van der Waals surface area contributed by atoms with Crippen LogP contribution in [0.2, 0.25) is 0 Å². The van der Waals surface area contributed by atoms with Crippen molar-refractivity contribution in [2.45, 2.75) is 13.5 Å². The summed E-state index contributed by atoms with van der Waals surface area (Å²) < 4.78 is 16.1. The Morgan fingerprint density at radius 3 is 2.21 bits per heavy atom. The second-order valence-electron chi connectivity index (χ2n) is 6.96. The maximum Gasteiger partial charge on any atom is 0.329 e. The van der Waals surface area contributed by atoms with Gasteiger partial charge in [-0.1, -0.05) is 30.3 Å². The average Bonchev–Trinajstić information content (AvgIpc) is 2.86. The van der Waals surface area contributed by atoms with Crippen LogP contribution < -0.4 is 25.0 Å². The molecule has 0 aromatic heterocycles. The molecule has 3 rings (SSSR count). The number of rotatable bonds is 8. The molecule has 2 N–H and O–H groups in total. The van der Waals surface area contributed by atoms with E-state index in [2.05, 4.69) is 15.8 Å². The van der Waals surface area contributed by atoms with E-state index in [1.165, 1.54) is 14.2 Å². The molecule has 8 heteroatoms. The average molecular weight is 447 g/mol. The molecule has 0 unspecified atom stereocenters. The van der Waals surface area contributed by atoms with Gasteiger partial charge < -0.3 is 19.5 Å². The maximum atomic E-state index is 12.2. The van der Waals surface area contributed by atoms with Gasteiger partial charge in [0.25, 0.3) is 0 Å². The molecule has 0 fully saturated rings. The molecule has 0 spiro atoms. The Bertz CT molecular complexity index is 1130. The Labute approximate surface area is 192 Å². The van der Waals surface area contributed by atoms with Crippen LogP contribution in [0.15, 0.2) is 77.9 Å². The molecule has 8 nitrogen and oxygen atoms in total.